The van der Waals surface area contributed by atoms with E-state index in [-0.39, 0.29) is 70.0 Å². The number of hydrogen-bond donors (Lipinski definition) is 18. The van der Waals surface area contributed by atoms with Gasteiger partial charge in [0.05, 0.1) is 73.8 Å². The molecule has 0 aromatic carbocycles. The summed E-state index contributed by atoms with van der Waals surface area (Å²) in [5, 5.41) is 184. The monoisotopic (exact) mass is 1220 g/mol. The molecule has 0 spiro atoms. The maximum atomic E-state index is 11.2. The van der Waals surface area contributed by atoms with Gasteiger partial charge in [0.25, 0.3) is 0 Å². The largest absolute Gasteiger partial charge is 0.397 e. The maximum Gasteiger partial charge on any atom is 0.397 e. The Balaban J connectivity index is 1.84. The van der Waals surface area contributed by atoms with Gasteiger partial charge in [0.2, 0.25) is 0 Å². The van der Waals surface area contributed by atoms with Crippen molar-refractivity contribution >= 4 is 10.4 Å². The third-order valence-electron chi connectivity index (χ3n) is 15.0. The van der Waals surface area contributed by atoms with E-state index in [1.165, 1.54) is 19.1 Å². The van der Waals surface area contributed by atoms with E-state index in [1.54, 1.807) is 37.3 Å². The van der Waals surface area contributed by atoms with Gasteiger partial charge >= 0.3 is 10.4 Å². The zero-order valence-electron chi connectivity index (χ0n) is 48.4. The lowest BCUT2D eigenvalue weighted by Crippen LogP contribution is -2.59. The third-order valence-corrected chi connectivity index (χ3v) is 15.4. The Kier molecular flexibility index (Phi) is 37.6. The summed E-state index contributed by atoms with van der Waals surface area (Å²) >= 11 is 0. The third kappa shape index (κ3) is 29.2. The number of rotatable bonds is 42. The molecule has 2 saturated heterocycles. The molecule has 0 aromatic rings. The lowest BCUT2D eigenvalue weighted by molar-refractivity contribution is -0.234. The Morgan fingerprint density at radius 1 is 0.619 bits per heavy atom. The minimum absolute atomic E-state index is 0.000684. The van der Waals surface area contributed by atoms with Crippen molar-refractivity contribution in [3.63, 3.8) is 0 Å². The zero-order valence-corrected chi connectivity index (χ0v) is 49.2. The predicted octanol–water partition coefficient (Wildman–Crippen LogP) is 0.769. The molecule has 0 aliphatic carbocycles. The van der Waals surface area contributed by atoms with Crippen LogP contribution in [-0.4, -0.2) is 235 Å². The fraction of sp³-hybridized carbons (Fsp3) is 0.700. The van der Waals surface area contributed by atoms with Gasteiger partial charge in [-0.05, 0) is 96.0 Å². The lowest BCUT2D eigenvalue weighted by atomic mass is 9.86. The lowest BCUT2D eigenvalue weighted by Gasteiger charge is -2.42. The van der Waals surface area contributed by atoms with Gasteiger partial charge in [0.1, 0.15) is 61.0 Å². The number of aliphatic hydroxyl groups is 17. The quantitative estimate of drug-likeness (QED) is 0.0174. The number of aliphatic hydroxyl groups excluding tert-OH is 17. The molecule has 24 heteroatoms. The molecule has 0 amide bonds. The SMILES string of the molecule is C=CCCC=CC=CC=CCCC=CC(O)C(O)C1OC(C(O)C(O)C(=C)CCC(O)C2CC(O)C(O)C(C(O)C(O)C=C(C)CCC(O)CC(O)C(O)C(C)C(O)C(O)CC=CCC(O)C=CCCCCCOS(=O)(=O)O)O2)CC(O)C1O. The van der Waals surface area contributed by atoms with Crippen LogP contribution in [0.15, 0.2) is 109 Å². The van der Waals surface area contributed by atoms with E-state index in [2.05, 4.69) is 17.3 Å². The van der Waals surface area contributed by atoms with Gasteiger partial charge in [-0.2, -0.15) is 8.42 Å². The Hall–Kier alpha value is -3.23. The fourth-order valence-electron chi connectivity index (χ4n) is 9.59. The summed E-state index contributed by atoms with van der Waals surface area (Å²) in [6, 6.07) is 0. The molecule has 0 radical (unpaired) electrons. The Bertz CT molecular complexity index is 2170. The Labute approximate surface area is 495 Å². The average molecular weight is 1220 g/mol. The van der Waals surface area contributed by atoms with Crippen molar-refractivity contribution in [3.8, 4) is 0 Å². The highest BCUT2D eigenvalue weighted by atomic mass is 32.3. The Morgan fingerprint density at radius 3 is 1.79 bits per heavy atom. The first-order valence-electron chi connectivity index (χ1n) is 29.0. The molecular formula is C60H100O23S. The zero-order chi connectivity index (χ0) is 63.1. The molecule has 2 heterocycles. The summed E-state index contributed by atoms with van der Waals surface area (Å²) in [5.74, 6) is -1.04. The van der Waals surface area contributed by atoms with Gasteiger partial charge in [-0.25, -0.2) is 4.18 Å². The smallest absolute Gasteiger partial charge is 0.393 e. The summed E-state index contributed by atoms with van der Waals surface area (Å²) in [6.07, 6.45) is -3.24. The number of hydrogen-bond acceptors (Lipinski definition) is 22. The van der Waals surface area contributed by atoms with E-state index in [9.17, 15) is 95.2 Å². The highest BCUT2D eigenvalue weighted by molar-refractivity contribution is 7.80. The Morgan fingerprint density at radius 2 is 1.17 bits per heavy atom. The molecule has 0 bridgehead atoms. The summed E-state index contributed by atoms with van der Waals surface area (Å²) in [4.78, 5) is 0. The van der Waals surface area contributed by atoms with Crippen LogP contribution in [0.5, 0.6) is 0 Å². The van der Waals surface area contributed by atoms with Crippen LogP contribution in [-0.2, 0) is 24.1 Å². The fourth-order valence-corrected chi connectivity index (χ4v) is 9.92. The van der Waals surface area contributed by atoms with Crippen molar-refractivity contribution in [2.24, 2.45) is 5.92 Å². The topological polar surface area (TPSA) is 426 Å². The molecular weight excluding hydrogens is 1120 g/mol. The van der Waals surface area contributed by atoms with E-state index < -0.39 is 145 Å². The van der Waals surface area contributed by atoms with Crippen LogP contribution in [0.4, 0.5) is 0 Å². The minimum Gasteiger partial charge on any atom is -0.393 e. The molecule has 0 aromatic heterocycles. The first-order valence-corrected chi connectivity index (χ1v) is 30.4. The molecule has 18 N–H and O–H groups in total. The molecule has 0 saturated carbocycles. The van der Waals surface area contributed by atoms with Crippen molar-refractivity contribution < 1.29 is 113 Å². The van der Waals surface area contributed by atoms with Crippen LogP contribution in [0.2, 0.25) is 0 Å². The van der Waals surface area contributed by atoms with Crippen LogP contribution in [0, 0.1) is 5.92 Å². The van der Waals surface area contributed by atoms with Crippen LogP contribution < -0.4 is 0 Å². The van der Waals surface area contributed by atoms with Gasteiger partial charge in [-0.1, -0.05) is 111 Å². The van der Waals surface area contributed by atoms with E-state index in [4.69, 9.17) is 14.0 Å². The van der Waals surface area contributed by atoms with Gasteiger partial charge in [-0.3, -0.25) is 4.55 Å². The second-order valence-corrected chi connectivity index (χ2v) is 23.2. The molecule has 2 fully saturated rings. The average Bonchev–Trinajstić information content (AvgIpc) is 3.20. The number of unbranched alkanes of at least 4 members (excludes halogenated alkanes) is 5. The van der Waals surface area contributed by atoms with Crippen molar-refractivity contribution in [2.75, 3.05) is 6.61 Å². The summed E-state index contributed by atoms with van der Waals surface area (Å²) in [7, 11) is -4.46. The minimum atomic E-state index is -4.46. The molecule has 2 rings (SSSR count). The van der Waals surface area contributed by atoms with Gasteiger partial charge in [0.15, 0.2) is 0 Å². The first kappa shape index (κ1) is 76.9. The second kappa shape index (κ2) is 41.1. The maximum absolute atomic E-state index is 11.2. The summed E-state index contributed by atoms with van der Waals surface area (Å²) in [5.41, 5.74) is 0.448. The van der Waals surface area contributed by atoms with Crippen LogP contribution in [0.1, 0.15) is 123 Å². The van der Waals surface area contributed by atoms with E-state index in [0.717, 1.165) is 12.8 Å². The van der Waals surface area contributed by atoms with Crippen LogP contribution in [0.3, 0.4) is 0 Å². The van der Waals surface area contributed by atoms with Crippen molar-refractivity contribution in [1.29, 1.82) is 0 Å². The normalized spacial score (nSPS) is 27.5. The summed E-state index contributed by atoms with van der Waals surface area (Å²) < 4.78 is 45.5. The van der Waals surface area contributed by atoms with Crippen LogP contribution in [0.25, 0.3) is 0 Å². The van der Waals surface area contributed by atoms with Crippen molar-refractivity contribution in [3.05, 3.63) is 109 Å². The van der Waals surface area contributed by atoms with E-state index in [1.807, 2.05) is 42.5 Å². The number of ether oxygens (including phenoxy) is 2. The molecule has 2 aliphatic heterocycles. The molecule has 84 heavy (non-hydrogen) atoms. The number of allylic oxidation sites excluding steroid dienone is 10. The van der Waals surface area contributed by atoms with E-state index in [0.29, 0.717) is 44.1 Å². The molecule has 484 valence electrons. The summed E-state index contributed by atoms with van der Waals surface area (Å²) in [6.45, 7) is 10.4. The van der Waals surface area contributed by atoms with Crippen LogP contribution >= 0.6 is 0 Å². The highest BCUT2D eigenvalue weighted by Crippen LogP contribution is 2.32. The van der Waals surface area contributed by atoms with Gasteiger partial charge in [0, 0.05) is 25.2 Å². The molecule has 22 unspecified atom stereocenters. The molecule has 23 nitrogen and oxygen atoms in total. The van der Waals surface area contributed by atoms with E-state index >= 15 is 0 Å². The van der Waals surface area contributed by atoms with Gasteiger partial charge < -0.3 is 96.3 Å². The highest BCUT2D eigenvalue weighted by Gasteiger charge is 2.47. The molecule has 22 atom stereocenters. The van der Waals surface area contributed by atoms with Gasteiger partial charge in [-0.15, -0.1) is 6.58 Å². The van der Waals surface area contributed by atoms with Crippen molar-refractivity contribution in [2.45, 2.75) is 251 Å². The van der Waals surface area contributed by atoms with Crippen molar-refractivity contribution in [1.82, 2.24) is 0 Å². The first-order chi connectivity index (χ1) is 39.6. The predicted molar refractivity (Wildman–Crippen MR) is 313 cm³/mol. The second-order valence-electron chi connectivity index (χ2n) is 22.1. The molecule has 2 aliphatic rings. The standard InChI is InChI=1S/C60H100O23S/c1-5-6-7-8-9-10-11-12-13-14-17-20-26-44(65)54(73)59-57(76)48(69)36-50(83-59)58(77)51(70)38(3)29-31-42(63)49-35-47(68)56(75)60(82-49)55(74)45(66)33-37(2)28-30-41(62)34-46(67)53(72)39(4)52(71)43(64)27-22-21-25-40(61)24-19-16-15-18-23-32-81-84(78,79)80/h5,8-13,19-22,24,26,33,39-77H,1,3,6-7,14-18,23,25,27-32,34-36H2,2,4H3,(H,78,79,80).